The minimum atomic E-state index is -0.0823. The van der Waals surface area contributed by atoms with E-state index in [4.69, 9.17) is 4.74 Å². The van der Waals surface area contributed by atoms with E-state index >= 15 is 0 Å². The van der Waals surface area contributed by atoms with Gasteiger partial charge in [0.05, 0.1) is 7.11 Å². The monoisotopic (exact) mass is 312 g/mol. The zero-order valence-corrected chi connectivity index (χ0v) is 14.0. The van der Waals surface area contributed by atoms with Gasteiger partial charge in [-0.15, -0.1) is 0 Å². The number of hydrogen-bond acceptors (Lipinski definition) is 2. The maximum atomic E-state index is 12.8. The Balaban J connectivity index is 2.05. The van der Waals surface area contributed by atoms with Gasteiger partial charge in [0.2, 0.25) is 5.91 Å². The van der Waals surface area contributed by atoms with Gasteiger partial charge in [0, 0.05) is 37.0 Å². The Hall–Kier alpha value is -2.23. The van der Waals surface area contributed by atoms with E-state index in [-0.39, 0.29) is 11.9 Å². The van der Waals surface area contributed by atoms with E-state index in [1.54, 1.807) is 7.11 Å². The SMILES string of the molecule is COc1ccccc1[C@@H]1c2cccn2CCN1C(=O)CC(C)C. The van der Waals surface area contributed by atoms with Crippen LogP contribution in [0.2, 0.25) is 0 Å². The average molecular weight is 312 g/mol. The summed E-state index contributed by atoms with van der Waals surface area (Å²) in [7, 11) is 1.68. The van der Waals surface area contributed by atoms with Crippen LogP contribution >= 0.6 is 0 Å². The highest BCUT2D eigenvalue weighted by Gasteiger charge is 2.33. The van der Waals surface area contributed by atoms with E-state index in [9.17, 15) is 4.79 Å². The van der Waals surface area contributed by atoms with Gasteiger partial charge >= 0.3 is 0 Å². The second-order valence-corrected chi connectivity index (χ2v) is 6.46. The van der Waals surface area contributed by atoms with Crippen LogP contribution in [0.4, 0.5) is 0 Å². The molecule has 0 radical (unpaired) electrons. The van der Waals surface area contributed by atoms with Crippen LogP contribution < -0.4 is 4.74 Å². The standard InChI is InChI=1S/C19H24N2O2/c1-14(2)13-18(22)21-12-11-20-10-6-8-16(20)19(21)15-7-4-5-9-17(15)23-3/h4-10,14,19H,11-13H2,1-3H3/t19-/m1/s1. The quantitative estimate of drug-likeness (QED) is 0.866. The molecule has 1 aliphatic rings. The molecular weight excluding hydrogens is 288 g/mol. The van der Waals surface area contributed by atoms with Crippen molar-refractivity contribution in [2.75, 3.05) is 13.7 Å². The van der Waals surface area contributed by atoms with E-state index in [0.717, 1.165) is 30.1 Å². The van der Waals surface area contributed by atoms with E-state index in [2.05, 4.69) is 36.7 Å². The lowest BCUT2D eigenvalue weighted by atomic mass is 9.97. The summed E-state index contributed by atoms with van der Waals surface area (Å²) in [4.78, 5) is 14.8. The third kappa shape index (κ3) is 2.98. The highest BCUT2D eigenvalue weighted by Crippen LogP contribution is 2.37. The van der Waals surface area contributed by atoms with Gasteiger partial charge in [0.15, 0.2) is 0 Å². The first kappa shape index (κ1) is 15.7. The van der Waals surface area contributed by atoms with Crippen LogP contribution in [0.25, 0.3) is 0 Å². The number of fused-ring (bicyclic) bond motifs is 1. The molecule has 1 atom stereocenters. The molecule has 0 unspecified atom stereocenters. The fourth-order valence-electron chi connectivity index (χ4n) is 3.34. The molecule has 1 aromatic carbocycles. The summed E-state index contributed by atoms with van der Waals surface area (Å²) in [5.41, 5.74) is 2.20. The van der Waals surface area contributed by atoms with Crippen molar-refractivity contribution in [2.24, 2.45) is 5.92 Å². The van der Waals surface area contributed by atoms with Gasteiger partial charge in [-0.3, -0.25) is 4.79 Å². The normalized spacial score (nSPS) is 17.2. The van der Waals surface area contributed by atoms with Crippen LogP contribution in [0.15, 0.2) is 42.6 Å². The highest BCUT2D eigenvalue weighted by molar-refractivity contribution is 5.77. The number of ether oxygens (including phenoxy) is 1. The second kappa shape index (κ2) is 6.49. The van der Waals surface area contributed by atoms with E-state index in [1.165, 1.54) is 0 Å². The van der Waals surface area contributed by atoms with E-state index in [0.29, 0.717) is 12.3 Å². The molecule has 0 fully saturated rings. The van der Waals surface area contributed by atoms with Crippen molar-refractivity contribution in [3.63, 3.8) is 0 Å². The van der Waals surface area contributed by atoms with Crippen LogP contribution in [-0.2, 0) is 11.3 Å². The molecule has 0 N–H and O–H groups in total. The molecule has 1 amide bonds. The molecule has 2 aromatic rings. The fraction of sp³-hybridized carbons (Fsp3) is 0.421. The molecule has 23 heavy (non-hydrogen) atoms. The van der Waals surface area contributed by atoms with Crippen molar-refractivity contribution in [1.82, 2.24) is 9.47 Å². The predicted molar refractivity (Wildman–Crippen MR) is 90.4 cm³/mol. The topological polar surface area (TPSA) is 34.5 Å². The summed E-state index contributed by atoms with van der Waals surface area (Å²) >= 11 is 0. The zero-order valence-electron chi connectivity index (χ0n) is 14.0. The minimum Gasteiger partial charge on any atom is -0.496 e. The molecule has 2 heterocycles. The number of para-hydroxylation sites is 1. The third-order valence-corrected chi connectivity index (χ3v) is 4.38. The number of methoxy groups -OCH3 is 1. The number of hydrogen-bond donors (Lipinski definition) is 0. The number of amides is 1. The lowest BCUT2D eigenvalue weighted by Crippen LogP contribution is -2.42. The molecule has 0 bridgehead atoms. The number of nitrogens with zero attached hydrogens (tertiary/aromatic N) is 2. The zero-order chi connectivity index (χ0) is 16.4. The fourth-order valence-corrected chi connectivity index (χ4v) is 3.34. The Morgan fingerprint density at radius 2 is 2.00 bits per heavy atom. The smallest absolute Gasteiger partial charge is 0.223 e. The molecule has 4 nitrogen and oxygen atoms in total. The second-order valence-electron chi connectivity index (χ2n) is 6.46. The number of carbonyl (C=O) groups is 1. The van der Waals surface area contributed by atoms with Gasteiger partial charge in [0.25, 0.3) is 0 Å². The molecule has 1 aromatic heterocycles. The van der Waals surface area contributed by atoms with Gasteiger partial charge in [-0.05, 0) is 24.1 Å². The molecule has 3 rings (SSSR count). The summed E-state index contributed by atoms with van der Waals surface area (Å²) < 4.78 is 7.78. The Morgan fingerprint density at radius 3 is 2.74 bits per heavy atom. The Morgan fingerprint density at radius 1 is 1.22 bits per heavy atom. The van der Waals surface area contributed by atoms with Crippen molar-refractivity contribution in [3.05, 3.63) is 53.9 Å². The third-order valence-electron chi connectivity index (χ3n) is 4.38. The highest BCUT2D eigenvalue weighted by atomic mass is 16.5. The lowest BCUT2D eigenvalue weighted by Gasteiger charge is -2.38. The molecule has 0 saturated heterocycles. The molecule has 0 spiro atoms. The number of aromatic nitrogens is 1. The minimum absolute atomic E-state index is 0.0823. The number of benzene rings is 1. The van der Waals surface area contributed by atoms with Gasteiger partial charge < -0.3 is 14.2 Å². The maximum Gasteiger partial charge on any atom is 0.223 e. The molecule has 0 aliphatic carbocycles. The first-order valence-electron chi connectivity index (χ1n) is 8.19. The summed E-state index contributed by atoms with van der Waals surface area (Å²) in [6.45, 7) is 5.75. The predicted octanol–water partition coefficient (Wildman–Crippen LogP) is 3.47. The Labute approximate surface area is 137 Å². The van der Waals surface area contributed by atoms with Crippen LogP contribution in [0, 0.1) is 5.92 Å². The Kier molecular flexibility index (Phi) is 4.42. The van der Waals surface area contributed by atoms with Gasteiger partial charge in [0.1, 0.15) is 11.8 Å². The van der Waals surface area contributed by atoms with Gasteiger partial charge in [-0.25, -0.2) is 0 Å². The molecule has 0 saturated carbocycles. The van der Waals surface area contributed by atoms with Crippen molar-refractivity contribution >= 4 is 5.91 Å². The largest absolute Gasteiger partial charge is 0.496 e. The van der Waals surface area contributed by atoms with Crippen LogP contribution in [0.3, 0.4) is 0 Å². The molecule has 122 valence electrons. The first-order valence-corrected chi connectivity index (χ1v) is 8.19. The summed E-state index contributed by atoms with van der Waals surface area (Å²) in [5.74, 6) is 1.40. The first-order chi connectivity index (χ1) is 11.1. The van der Waals surface area contributed by atoms with Crippen LogP contribution in [0.5, 0.6) is 5.75 Å². The molecule has 4 heteroatoms. The number of rotatable bonds is 4. The van der Waals surface area contributed by atoms with Gasteiger partial charge in [-0.1, -0.05) is 32.0 Å². The van der Waals surface area contributed by atoms with Crippen molar-refractivity contribution in [2.45, 2.75) is 32.9 Å². The van der Waals surface area contributed by atoms with Gasteiger partial charge in [-0.2, -0.15) is 0 Å². The molecular formula is C19H24N2O2. The van der Waals surface area contributed by atoms with Crippen molar-refractivity contribution in [3.8, 4) is 5.75 Å². The molecule has 1 aliphatic heterocycles. The summed E-state index contributed by atoms with van der Waals surface area (Å²) in [6.07, 6.45) is 2.66. The van der Waals surface area contributed by atoms with Crippen LogP contribution in [0.1, 0.15) is 37.6 Å². The van der Waals surface area contributed by atoms with Crippen molar-refractivity contribution in [1.29, 1.82) is 0 Å². The van der Waals surface area contributed by atoms with E-state index < -0.39 is 0 Å². The maximum absolute atomic E-state index is 12.8. The summed E-state index contributed by atoms with van der Waals surface area (Å²) in [6, 6.07) is 12.1. The van der Waals surface area contributed by atoms with E-state index in [1.807, 2.05) is 29.2 Å². The van der Waals surface area contributed by atoms with Crippen LogP contribution in [-0.4, -0.2) is 29.0 Å². The van der Waals surface area contributed by atoms with Crippen molar-refractivity contribution < 1.29 is 9.53 Å². The number of carbonyl (C=O) groups excluding carboxylic acids is 1. The lowest BCUT2D eigenvalue weighted by molar-refractivity contribution is -0.134. The summed E-state index contributed by atoms with van der Waals surface area (Å²) in [5, 5.41) is 0. The Bertz CT molecular complexity index is 690. The average Bonchev–Trinajstić information content (AvgIpc) is 3.01.